The Morgan fingerprint density at radius 1 is 1.47 bits per heavy atom. The fraction of sp³-hybridized carbons (Fsp3) is 0.300. The van der Waals surface area contributed by atoms with Gasteiger partial charge in [-0.05, 0) is 35.1 Å². The van der Waals surface area contributed by atoms with Gasteiger partial charge in [-0.25, -0.2) is 4.98 Å². The summed E-state index contributed by atoms with van der Waals surface area (Å²) in [6.45, 7) is 1.59. The molecule has 0 atom stereocenters. The molecule has 0 bridgehead atoms. The maximum Gasteiger partial charge on any atom is 0.180 e. The van der Waals surface area contributed by atoms with Crippen LogP contribution < -0.4 is 5.73 Å². The lowest BCUT2D eigenvalue weighted by molar-refractivity contribution is 0.287. The van der Waals surface area contributed by atoms with Gasteiger partial charge in [0.15, 0.2) is 9.80 Å². The Labute approximate surface area is 118 Å². The summed E-state index contributed by atoms with van der Waals surface area (Å²) in [5.74, 6) is 0.937. The van der Waals surface area contributed by atoms with Gasteiger partial charge >= 0.3 is 0 Å². The van der Waals surface area contributed by atoms with E-state index in [9.17, 15) is 0 Å². The largest absolute Gasteiger partial charge is 0.453 e. The van der Waals surface area contributed by atoms with E-state index in [0.29, 0.717) is 5.13 Å². The predicted octanol–water partition coefficient (Wildman–Crippen LogP) is 3.13. The first kappa shape index (κ1) is 14.5. The zero-order valence-electron chi connectivity index (χ0n) is 9.22. The maximum atomic E-state index is 5.57. The van der Waals surface area contributed by atoms with Gasteiger partial charge in [0.1, 0.15) is 5.76 Å². The van der Waals surface area contributed by atoms with Crippen LogP contribution in [-0.4, -0.2) is 16.9 Å². The van der Waals surface area contributed by atoms with E-state index in [1.54, 1.807) is 0 Å². The summed E-state index contributed by atoms with van der Waals surface area (Å²) in [4.78, 5) is 7.33. The average molecular weight is 339 g/mol. The first-order chi connectivity index (χ1) is 7.63. The summed E-state index contributed by atoms with van der Waals surface area (Å²) >= 11 is 4.80. The lowest BCUT2D eigenvalue weighted by atomic mass is 10.4. The fourth-order valence-electron chi connectivity index (χ4n) is 1.42. The molecule has 0 aromatic carbocycles. The van der Waals surface area contributed by atoms with Crippen LogP contribution in [0.15, 0.2) is 27.4 Å². The molecule has 2 N–H and O–H groups in total. The van der Waals surface area contributed by atoms with Crippen molar-refractivity contribution in [3.63, 3.8) is 0 Å². The second-order valence-electron chi connectivity index (χ2n) is 3.54. The summed E-state index contributed by atoms with van der Waals surface area (Å²) < 4.78 is 6.20. The number of aromatic nitrogens is 1. The molecule has 0 spiro atoms. The summed E-state index contributed by atoms with van der Waals surface area (Å²) in [5, 5.41) is 0.615. The van der Waals surface area contributed by atoms with Crippen LogP contribution in [0.3, 0.4) is 0 Å². The number of nitrogen functional groups attached to an aromatic ring is 1. The molecule has 0 saturated carbocycles. The number of nitrogens with two attached hydrogens (primary N) is 1. The van der Waals surface area contributed by atoms with Crippen molar-refractivity contribution in [2.75, 3.05) is 12.8 Å². The zero-order valence-corrected chi connectivity index (χ0v) is 12.4. The smallest absolute Gasteiger partial charge is 0.180 e. The van der Waals surface area contributed by atoms with Crippen LogP contribution in [0.1, 0.15) is 10.6 Å². The van der Waals surface area contributed by atoms with Crippen molar-refractivity contribution in [3.05, 3.63) is 33.6 Å². The highest BCUT2D eigenvalue weighted by atomic mass is 79.9. The minimum atomic E-state index is 0. The van der Waals surface area contributed by atoms with Crippen LogP contribution in [0.4, 0.5) is 5.13 Å². The quantitative estimate of drug-likeness (QED) is 0.930. The molecule has 0 saturated heterocycles. The highest BCUT2D eigenvalue weighted by Gasteiger charge is 2.07. The minimum absolute atomic E-state index is 0. The van der Waals surface area contributed by atoms with Gasteiger partial charge < -0.3 is 10.2 Å². The van der Waals surface area contributed by atoms with Gasteiger partial charge in [0.25, 0.3) is 0 Å². The number of anilines is 1. The van der Waals surface area contributed by atoms with Crippen LogP contribution in [0.5, 0.6) is 0 Å². The Morgan fingerprint density at radius 3 is 2.76 bits per heavy atom. The van der Waals surface area contributed by atoms with Crippen LogP contribution in [0, 0.1) is 0 Å². The first-order valence-corrected chi connectivity index (χ1v) is 6.37. The number of furan rings is 1. The molecular formula is C10H13BrClN3OS. The lowest BCUT2D eigenvalue weighted by Crippen LogP contribution is -2.16. The first-order valence-electron chi connectivity index (χ1n) is 4.76. The molecule has 94 valence electrons. The van der Waals surface area contributed by atoms with Crippen LogP contribution in [0.2, 0.25) is 0 Å². The molecule has 0 aliphatic heterocycles. The summed E-state index contributed by atoms with van der Waals surface area (Å²) in [7, 11) is 2.03. The normalized spacial score (nSPS) is 10.5. The van der Waals surface area contributed by atoms with Crippen molar-refractivity contribution in [2.24, 2.45) is 0 Å². The standard InChI is InChI=1S/C10H12BrN3OS.ClH/c1-14(5-7-2-3-9(11)15-7)6-8-4-13-10(12)16-8;/h2-4H,5-6H2,1H3,(H2,12,13);1H. The third-order valence-electron chi connectivity index (χ3n) is 2.05. The Hall–Kier alpha value is -0.560. The van der Waals surface area contributed by atoms with E-state index in [1.807, 2.05) is 25.4 Å². The molecule has 4 nitrogen and oxygen atoms in total. The van der Waals surface area contributed by atoms with Gasteiger partial charge in [0, 0.05) is 17.6 Å². The van der Waals surface area contributed by atoms with E-state index in [4.69, 9.17) is 10.2 Å². The van der Waals surface area contributed by atoms with E-state index in [1.165, 1.54) is 11.3 Å². The van der Waals surface area contributed by atoms with Gasteiger partial charge in [-0.15, -0.1) is 23.7 Å². The van der Waals surface area contributed by atoms with Crippen LogP contribution in [0.25, 0.3) is 0 Å². The third kappa shape index (κ3) is 4.31. The molecule has 2 heterocycles. The van der Waals surface area contributed by atoms with Crippen molar-refractivity contribution in [1.82, 2.24) is 9.88 Å². The topological polar surface area (TPSA) is 55.3 Å². The molecule has 0 amide bonds. The van der Waals surface area contributed by atoms with Crippen molar-refractivity contribution in [1.29, 1.82) is 0 Å². The van der Waals surface area contributed by atoms with E-state index in [0.717, 1.165) is 28.4 Å². The van der Waals surface area contributed by atoms with Gasteiger partial charge in [-0.3, -0.25) is 4.90 Å². The molecule has 7 heteroatoms. The molecule has 0 aliphatic carbocycles. The molecule has 0 radical (unpaired) electrons. The highest BCUT2D eigenvalue weighted by Crippen LogP contribution is 2.19. The minimum Gasteiger partial charge on any atom is -0.453 e. The van der Waals surface area contributed by atoms with Gasteiger partial charge in [0.2, 0.25) is 0 Å². The van der Waals surface area contributed by atoms with Crippen LogP contribution >= 0.6 is 39.7 Å². The van der Waals surface area contributed by atoms with E-state index >= 15 is 0 Å². The number of halogens is 2. The predicted molar refractivity (Wildman–Crippen MR) is 75.4 cm³/mol. The van der Waals surface area contributed by atoms with E-state index in [-0.39, 0.29) is 12.4 Å². The van der Waals surface area contributed by atoms with Crippen molar-refractivity contribution in [3.8, 4) is 0 Å². The molecule has 2 rings (SSSR count). The number of hydrogen-bond donors (Lipinski definition) is 1. The van der Waals surface area contributed by atoms with E-state index < -0.39 is 0 Å². The van der Waals surface area contributed by atoms with Gasteiger partial charge in [-0.2, -0.15) is 0 Å². The number of nitrogens with zero attached hydrogens (tertiary/aromatic N) is 2. The summed E-state index contributed by atoms with van der Waals surface area (Å²) in [5.41, 5.74) is 5.57. The SMILES string of the molecule is CN(Cc1ccc(Br)o1)Cc1cnc(N)s1.Cl. The molecule has 0 fully saturated rings. The second kappa shape index (κ2) is 6.39. The number of rotatable bonds is 4. The average Bonchev–Trinajstić information content (AvgIpc) is 2.76. The van der Waals surface area contributed by atoms with Gasteiger partial charge in [-0.1, -0.05) is 0 Å². The summed E-state index contributed by atoms with van der Waals surface area (Å²) in [6.07, 6.45) is 1.81. The Kier molecular flexibility index (Phi) is 5.45. The monoisotopic (exact) mass is 337 g/mol. The Bertz CT molecular complexity index is 431. The Balaban J connectivity index is 0.00000144. The van der Waals surface area contributed by atoms with Crippen molar-refractivity contribution in [2.45, 2.75) is 13.1 Å². The molecular weight excluding hydrogens is 326 g/mol. The maximum absolute atomic E-state index is 5.57. The molecule has 0 aliphatic rings. The zero-order chi connectivity index (χ0) is 11.5. The van der Waals surface area contributed by atoms with Crippen LogP contribution in [-0.2, 0) is 13.1 Å². The lowest BCUT2D eigenvalue weighted by Gasteiger charge is -2.13. The van der Waals surface area contributed by atoms with Crippen molar-refractivity contribution >= 4 is 44.8 Å². The second-order valence-corrected chi connectivity index (χ2v) is 5.47. The number of hydrogen-bond acceptors (Lipinski definition) is 5. The molecule has 17 heavy (non-hydrogen) atoms. The highest BCUT2D eigenvalue weighted by molar-refractivity contribution is 9.10. The number of thiazole rings is 1. The Morgan fingerprint density at radius 2 is 2.24 bits per heavy atom. The fourth-order valence-corrected chi connectivity index (χ4v) is 2.52. The third-order valence-corrected chi connectivity index (χ3v) is 3.29. The van der Waals surface area contributed by atoms with Gasteiger partial charge in [0.05, 0.1) is 6.54 Å². The van der Waals surface area contributed by atoms with Crippen molar-refractivity contribution < 1.29 is 4.42 Å². The molecule has 2 aromatic rings. The summed E-state index contributed by atoms with van der Waals surface area (Å²) in [6, 6.07) is 3.86. The van der Waals surface area contributed by atoms with E-state index in [2.05, 4.69) is 25.8 Å². The molecule has 2 aromatic heterocycles. The molecule has 0 unspecified atom stereocenters.